The van der Waals surface area contributed by atoms with Gasteiger partial charge >= 0.3 is 5.69 Å². The Kier molecular flexibility index (Phi) is 5.13. The van der Waals surface area contributed by atoms with E-state index in [4.69, 9.17) is 11.6 Å². The number of aromatic nitrogens is 3. The van der Waals surface area contributed by atoms with E-state index < -0.39 is 23.0 Å². The maximum absolute atomic E-state index is 12.1. The normalized spacial score (nSPS) is 10.9. The minimum absolute atomic E-state index is 0.286. The number of rotatable bonds is 4. The molecule has 0 radical (unpaired) electrons. The number of aromatic hydroxyl groups is 1. The van der Waals surface area contributed by atoms with Crippen molar-refractivity contribution in [3.63, 3.8) is 0 Å². The molecule has 27 heavy (non-hydrogen) atoms. The van der Waals surface area contributed by atoms with Crippen LogP contribution in [0, 0.1) is 0 Å². The molecular weight excluding hydrogens is 374 g/mol. The summed E-state index contributed by atoms with van der Waals surface area (Å²) in [5.74, 6) is -1.16. The Balaban J connectivity index is 1.93. The van der Waals surface area contributed by atoms with Crippen molar-refractivity contribution >= 4 is 23.7 Å². The smallest absolute Gasteiger partial charge is 0.335 e. The van der Waals surface area contributed by atoms with Crippen LogP contribution >= 0.6 is 11.6 Å². The maximum atomic E-state index is 12.1. The highest BCUT2D eigenvalue weighted by Gasteiger charge is 2.14. The number of pyridine rings is 1. The fourth-order valence-electron chi connectivity index (χ4n) is 2.21. The average molecular weight is 386 g/mol. The Bertz CT molecular complexity index is 1120. The highest BCUT2D eigenvalue weighted by atomic mass is 35.5. The van der Waals surface area contributed by atoms with Gasteiger partial charge in [0.05, 0.1) is 11.9 Å². The second-order valence-electron chi connectivity index (χ2n) is 5.24. The van der Waals surface area contributed by atoms with E-state index in [9.17, 15) is 19.5 Å². The first-order valence-corrected chi connectivity index (χ1v) is 7.93. The van der Waals surface area contributed by atoms with Gasteiger partial charge < -0.3 is 5.11 Å². The van der Waals surface area contributed by atoms with Crippen LogP contribution in [0.4, 0.5) is 0 Å². The van der Waals surface area contributed by atoms with E-state index in [1.54, 1.807) is 0 Å². The van der Waals surface area contributed by atoms with Gasteiger partial charge in [0.2, 0.25) is 5.88 Å². The van der Waals surface area contributed by atoms with Gasteiger partial charge in [0.15, 0.2) is 0 Å². The lowest BCUT2D eigenvalue weighted by Gasteiger charge is -2.09. The van der Waals surface area contributed by atoms with Gasteiger partial charge in [-0.2, -0.15) is 5.10 Å². The summed E-state index contributed by atoms with van der Waals surface area (Å²) in [6.07, 6.45) is 3.83. The molecule has 0 aliphatic rings. The molecule has 0 fully saturated rings. The molecule has 0 aliphatic heterocycles. The van der Waals surface area contributed by atoms with E-state index in [1.165, 1.54) is 48.8 Å². The van der Waals surface area contributed by atoms with E-state index in [0.717, 1.165) is 10.8 Å². The molecule has 0 saturated carbocycles. The molecule has 9 nitrogen and oxygen atoms in total. The van der Waals surface area contributed by atoms with Gasteiger partial charge in [-0.1, -0.05) is 11.6 Å². The summed E-state index contributed by atoms with van der Waals surface area (Å²) in [6.45, 7) is 0. The standard InChI is InChI=1S/C17H12ClN5O4/c18-11-1-3-12(4-2-11)23-16(26)13(15(25)21-17(23)27)9-20-22-14(24)10-5-7-19-8-6-10/h1-9,26H,(H,22,24)(H,21,25,27)/b20-9-. The summed E-state index contributed by atoms with van der Waals surface area (Å²) in [6, 6.07) is 9.00. The molecule has 0 bridgehead atoms. The van der Waals surface area contributed by atoms with E-state index in [1.807, 2.05) is 0 Å². The largest absolute Gasteiger partial charge is 0.493 e. The van der Waals surface area contributed by atoms with Gasteiger partial charge in [0.1, 0.15) is 5.56 Å². The van der Waals surface area contributed by atoms with E-state index >= 15 is 0 Å². The monoisotopic (exact) mass is 385 g/mol. The van der Waals surface area contributed by atoms with Crippen LogP contribution in [0.5, 0.6) is 5.88 Å². The third-order valence-electron chi connectivity index (χ3n) is 3.51. The van der Waals surface area contributed by atoms with E-state index in [2.05, 4.69) is 20.5 Å². The minimum Gasteiger partial charge on any atom is -0.493 e. The average Bonchev–Trinajstić information content (AvgIpc) is 2.66. The second-order valence-corrected chi connectivity index (χ2v) is 5.68. The molecule has 0 saturated heterocycles. The van der Waals surface area contributed by atoms with Crippen LogP contribution in [-0.4, -0.2) is 31.8 Å². The topological polar surface area (TPSA) is 129 Å². The number of hydrogen-bond acceptors (Lipinski definition) is 6. The summed E-state index contributed by atoms with van der Waals surface area (Å²) in [4.78, 5) is 41.8. The maximum Gasteiger partial charge on any atom is 0.335 e. The van der Waals surface area contributed by atoms with Crippen molar-refractivity contribution < 1.29 is 9.90 Å². The number of halogens is 1. The van der Waals surface area contributed by atoms with Crippen LogP contribution < -0.4 is 16.7 Å². The summed E-state index contributed by atoms with van der Waals surface area (Å²) in [7, 11) is 0. The first kappa shape index (κ1) is 18.1. The van der Waals surface area contributed by atoms with Crippen LogP contribution in [0.3, 0.4) is 0 Å². The van der Waals surface area contributed by atoms with E-state index in [0.29, 0.717) is 10.6 Å². The highest BCUT2D eigenvalue weighted by molar-refractivity contribution is 6.30. The summed E-state index contributed by atoms with van der Waals surface area (Å²) >= 11 is 5.81. The van der Waals surface area contributed by atoms with Crippen LogP contribution in [0.15, 0.2) is 63.5 Å². The van der Waals surface area contributed by atoms with Crippen molar-refractivity contribution in [1.29, 1.82) is 0 Å². The molecule has 0 spiro atoms. The van der Waals surface area contributed by atoms with Crippen molar-refractivity contribution in [1.82, 2.24) is 20.0 Å². The van der Waals surface area contributed by atoms with Gasteiger partial charge in [-0.3, -0.25) is 19.6 Å². The number of hydrazone groups is 1. The number of carbonyl (C=O) groups excluding carboxylic acids is 1. The van der Waals surface area contributed by atoms with Crippen LogP contribution in [0.2, 0.25) is 5.02 Å². The number of hydrogen-bond donors (Lipinski definition) is 3. The number of nitrogens with one attached hydrogen (secondary N) is 2. The quantitative estimate of drug-likeness (QED) is 0.456. The Morgan fingerprint density at radius 3 is 2.52 bits per heavy atom. The number of benzene rings is 1. The van der Waals surface area contributed by atoms with Crippen molar-refractivity contribution in [2.45, 2.75) is 0 Å². The fourth-order valence-corrected chi connectivity index (χ4v) is 2.33. The number of nitrogens with zero attached hydrogens (tertiary/aromatic N) is 3. The molecule has 2 heterocycles. The summed E-state index contributed by atoms with van der Waals surface area (Å²) in [5.41, 5.74) is 0.816. The molecule has 2 aromatic heterocycles. The number of H-pyrrole nitrogens is 1. The molecule has 136 valence electrons. The molecule has 3 rings (SSSR count). The molecule has 0 atom stereocenters. The molecule has 1 aromatic carbocycles. The highest BCUT2D eigenvalue weighted by Crippen LogP contribution is 2.17. The van der Waals surface area contributed by atoms with Crippen LogP contribution in [0.25, 0.3) is 5.69 Å². The third-order valence-corrected chi connectivity index (χ3v) is 3.76. The zero-order valence-electron chi connectivity index (χ0n) is 13.6. The first-order valence-electron chi connectivity index (χ1n) is 7.55. The van der Waals surface area contributed by atoms with Gasteiger partial charge in [-0.25, -0.2) is 14.8 Å². The number of aromatic amines is 1. The number of carbonyl (C=O) groups is 1. The zero-order valence-corrected chi connectivity index (χ0v) is 14.3. The van der Waals surface area contributed by atoms with Gasteiger partial charge in [-0.15, -0.1) is 0 Å². The van der Waals surface area contributed by atoms with Gasteiger partial charge in [0, 0.05) is 23.0 Å². The molecule has 3 N–H and O–H groups in total. The minimum atomic E-state index is -0.857. The molecule has 1 amide bonds. The lowest BCUT2D eigenvalue weighted by molar-refractivity contribution is 0.0955. The van der Waals surface area contributed by atoms with Crippen LogP contribution in [0.1, 0.15) is 15.9 Å². The molecule has 10 heteroatoms. The molecular formula is C17H12ClN5O4. The summed E-state index contributed by atoms with van der Waals surface area (Å²) < 4.78 is 0.879. The van der Waals surface area contributed by atoms with Crippen molar-refractivity contribution in [2.24, 2.45) is 5.10 Å². The molecule has 0 unspecified atom stereocenters. The third kappa shape index (κ3) is 3.93. The predicted octanol–water partition coefficient (Wildman–Crippen LogP) is 1.04. The lowest BCUT2D eigenvalue weighted by atomic mass is 10.2. The Hall–Kier alpha value is -3.72. The van der Waals surface area contributed by atoms with Crippen molar-refractivity contribution in [3.8, 4) is 11.6 Å². The zero-order chi connectivity index (χ0) is 19.4. The predicted molar refractivity (Wildman–Crippen MR) is 98.6 cm³/mol. The Labute approximate surface area is 156 Å². The second kappa shape index (κ2) is 7.67. The Morgan fingerprint density at radius 2 is 1.85 bits per heavy atom. The lowest BCUT2D eigenvalue weighted by Crippen LogP contribution is -2.31. The fraction of sp³-hybridized carbons (Fsp3) is 0. The molecule has 0 aliphatic carbocycles. The Morgan fingerprint density at radius 1 is 1.19 bits per heavy atom. The first-order chi connectivity index (χ1) is 13.0. The SMILES string of the molecule is O=C(N/N=C\c1c(O)n(-c2ccc(Cl)cc2)c(=O)[nH]c1=O)c1ccncc1. The van der Waals surface area contributed by atoms with E-state index in [-0.39, 0.29) is 11.3 Å². The summed E-state index contributed by atoms with van der Waals surface area (Å²) in [5, 5.41) is 14.5. The van der Waals surface area contributed by atoms with Gasteiger partial charge in [0.25, 0.3) is 11.5 Å². The number of amides is 1. The van der Waals surface area contributed by atoms with Crippen molar-refractivity contribution in [3.05, 3.63) is 85.8 Å². The van der Waals surface area contributed by atoms with Crippen molar-refractivity contribution in [2.75, 3.05) is 0 Å². The molecule has 3 aromatic rings. The van der Waals surface area contributed by atoms with Gasteiger partial charge in [-0.05, 0) is 36.4 Å². The van der Waals surface area contributed by atoms with Crippen LogP contribution in [-0.2, 0) is 0 Å².